The van der Waals surface area contributed by atoms with Crippen molar-refractivity contribution in [2.75, 3.05) is 19.9 Å². The van der Waals surface area contributed by atoms with Gasteiger partial charge >= 0.3 is 18.0 Å². The summed E-state index contributed by atoms with van der Waals surface area (Å²) >= 11 is 0. The summed E-state index contributed by atoms with van der Waals surface area (Å²) in [4.78, 5) is 39.7. The molecule has 0 unspecified atom stereocenters. The van der Waals surface area contributed by atoms with Gasteiger partial charge in [0.25, 0.3) is 0 Å². The Morgan fingerprint density at radius 1 is 0.933 bits per heavy atom. The van der Waals surface area contributed by atoms with Crippen LogP contribution in [0.3, 0.4) is 0 Å². The number of nitrogens with one attached hydrogen (secondary N) is 1. The molecule has 1 saturated heterocycles. The van der Waals surface area contributed by atoms with Gasteiger partial charge in [-0.05, 0) is 88.1 Å². The first-order chi connectivity index (χ1) is 21.1. The minimum atomic E-state index is -0.727. The van der Waals surface area contributed by atoms with E-state index in [1.54, 1.807) is 43.9 Å². The highest BCUT2D eigenvalue weighted by molar-refractivity contribution is 5.99. The largest absolute Gasteiger partial charge is 0.489 e. The van der Waals surface area contributed by atoms with Crippen LogP contribution in [0, 0.1) is 10.8 Å². The zero-order chi connectivity index (χ0) is 32.9. The summed E-state index contributed by atoms with van der Waals surface area (Å²) in [6, 6.07) is 18.7. The summed E-state index contributed by atoms with van der Waals surface area (Å²) in [6.45, 7) is 11.2. The summed E-state index contributed by atoms with van der Waals surface area (Å²) in [6.07, 6.45) is 0.458. The Kier molecular flexibility index (Phi) is 10.1. The summed E-state index contributed by atoms with van der Waals surface area (Å²) in [5.41, 5.74) is 6.59. The fourth-order valence-corrected chi connectivity index (χ4v) is 4.91. The van der Waals surface area contributed by atoms with E-state index in [9.17, 15) is 14.4 Å². The number of rotatable bonds is 9. The van der Waals surface area contributed by atoms with Gasteiger partial charge in [-0.2, -0.15) is 0 Å². The summed E-state index contributed by atoms with van der Waals surface area (Å²) in [5, 5.41) is 9.65. The number of amides is 1. The summed E-state index contributed by atoms with van der Waals surface area (Å²) in [5.74, 6) is -1.11. The molecule has 0 bridgehead atoms. The van der Waals surface area contributed by atoms with E-state index < -0.39 is 35.7 Å². The topological polar surface area (TPSA) is 141 Å². The van der Waals surface area contributed by atoms with Crippen LogP contribution in [-0.4, -0.2) is 60.4 Å². The smallest absolute Gasteiger partial charge is 0.410 e. The number of nitrogens with zero attached hydrogens (tertiary/aromatic N) is 1. The molecule has 1 heterocycles. The second-order valence-electron chi connectivity index (χ2n) is 13.4. The first-order valence-corrected chi connectivity index (χ1v) is 15.0. The van der Waals surface area contributed by atoms with Crippen LogP contribution < -0.4 is 10.5 Å². The normalized spacial score (nSPS) is 15.8. The number of hydrogen-bond donors (Lipinski definition) is 2. The van der Waals surface area contributed by atoms with Crippen LogP contribution >= 0.6 is 0 Å². The highest BCUT2D eigenvalue weighted by Gasteiger charge is 2.31. The van der Waals surface area contributed by atoms with E-state index >= 15 is 0 Å². The molecule has 0 saturated carbocycles. The quantitative estimate of drug-likeness (QED) is 0.130. The predicted molar refractivity (Wildman–Crippen MR) is 171 cm³/mol. The lowest BCUT2D eigenvalue weighted by atomic mass is 9.91. The van der Waals surface area contributed by atoms with Crippen LogP contribution in [0.5, 0.6) is 5.75 Å². The van der Waals surface area contributed by atoms with E-state index in [0.717, 1.165) is 16.3 Å². The first kappa shape index (κ1) is 33.3. The van der Waals surface area contributed by atoms with E-state index in [1.165, 1.54) is 0 Å². The molecule has 0 spiro atoms. The maximum atomic E-state index is 13.4. The van der Waals surface area contributed by atoms with Gasteiger partial charge in [0, 0.05) is 18.5 Å². The molecule has 240 valence electrons. The number of benzene rings is 3. The molecular weight excluding hydrogens is 574 g/mol. The van der Waals surface area contributed by atoms with Crippen molar-refractivity contribution in [3.63, 3.8) is 0 Å². The third kappa shape index (κ3) is 9.20. The van der Waals surface area contributed by atoms with Crippen LogP contribution in [0.1, 0.15) is 70.6 Å². The van der Waals surface area contributed by atoms with Gasteiger partial charge in [0.1, 0.15) is 23.3 Å². The van der Waals surface area contributed by atoms with Gasteiger partial charge in [0.2, 0.25) is 6.79 Å². The number of amidine groups is 1. The lowest BCUT2D eigenvalue weighted by Crippen LogP contribution is -2.36. The predicted octanol–water partition coefficient (Wildman–Crippen LogP) is 5.93. The lowest BCUT2D eigenvalue weighted by molar-refractivity contribution is -0.174. The van der Waals surface area contributed by atoms with E-state index in [4.69, 9.17) is 30.1 Å². The fourth-order valence-electron chi connectivity index (χ4n) is 4.91. The molecule has 3 aromatic rings. The molecule has 1 fully saturated rings. The highest BCUT2D eigenvalue weighted by Crippen LogP contribution is 2.28. The Morgan fingerprint density at radius 3 is 2.27 bits per heavy atom. The Hall–Kier alpha value is -4.60. The second-order valence-corrected chi connectivity index (χ2v) is 13.4. The third-order valence-corrected chi connectivity index (χ3v) is 7.33. The molecule has 3 aromatic carbocycles. The van der Waals surface area contributed by atoms with Gasteiger partial charge in [-0.15, -0.1) is 0 Å². The van der Waals surface area contributed by atoms with Crippen LogP contribution in [0.25, 0.3) is 10.8 Å². The van der Waals surface area contributed by atoms with Gasteiger partial charge in [-0.25, -0.2) is 4.79 Å². The molecule has 0 radical (unpaired) electrons. The number of carbonyl (C=O) groups is 3. The first-order valence-electron chi connectivity index (χ1n) is 15.0. The van der Waals surface area contributed by atoms with E-state index in [1.807, 2.05) is 63.2 Å². The van der Waals surface area contributed by atoms with Crippen LogP contribution in [0.2, 0.25) is 0 Å². The summed E-state index contributed by atoms with van der Waals surface area (Å²) < 4.78 is 22.2. The van der Waals surface area contributed by atoms with Crippen molar-refractivity contribution in [2.24, 2.45) is 11.1 Å². The number of ether oxygens (including phenoxy) is 4. The number of nitrogen functional groups attached to an aromatic ring is 1. The molecule has 2 atom stereocenters. The van der Waals surface area contributed by atoms with Crippen LogP contribution in [0.15, 0.2) is 60.7 Å². The van der Waals surface area contributed by atoms with Crippen molar-refractivity contribution in [1.29, 1.82) is 5.41 Å². The molecule has 0 aliphatic carbocycles. The zero-order valence-electron chi connectivity index (χ0n) is 26.8. The second kappa shape index (κ2) is 13.6. The van der Waals surface area contributed by atoms with Crippen molar-refractivity contribution in [1.82, 2.24) is 4.90 Å². The highest BCUT2D eigenvalue weighted by atomic mass is 16.7. The van der Waals surface area contributed by atoms with Gasteiger partial charge in [0.15, 0.2) is 0 Å². The molecule has 10 heteroatoms. The van der Waals surface area contributed by atoms with Crippen molar-refractivity contribution in [3.05, 3.63) is 77.4 Å². The van der Waals surface area contributed by atoms with E-state index in [0.29, 0.717) is 42.8 Å². The number of likely N-dealkylation sites (tertiary alicyclic amines) is 1. The third-order valence-electron chi connectivity index (χ3n) is 7.33. The molecular formula is C35H43N3O7. The maximum absolute atomic E-state index is 13.4. The molecule has 1 aliphatic rings. The number of carbonyl (C=O) groups excluding carboxylic acids is 3. The fraction of sp³-hybridized carbons (Fsp3) is 0.429. The molecule has 0 aromatic heterocycles. The van der Waals surface area contributed by atoms with E-state index in [-0.39, 0.29) is 18.0 Å². The van der Waals surface area contributed by atoms with Gasteiger partial charge in [-0.1, -0.05) is 42.5 Å². The Labute approximate surface area is 264 Å². The Morgan fingerprint density at radius 2 is 1.62 bits per heavy atom. The monoisotopic (exact) mass is 617 g/mol. The number of esters is 2. The van der Waals surface area contributed by atoms with E-state index in [2.05, 4.69) is 0 Å². The average molecular weight is 618 g/mol. The van der Waals surface area contributed by atoms with Crippen LogP contribution in [-0.2, 0) is 30.2 Å². The Balaban J connectivity index is 1.49. The zero-order valence-corrected chi connectivity index (χ0v) is 26.8. The molecule has 1 aliphatic heterocycles. The SMILES string of the molecule is CC(C)(C)OC(=O)N1CC[C@H](Oc2ccc([C@H](Cc3ccc4ccc(C(=N)N)cc4c3)C(=O)OCOC(=O)C(C)(C)C)cc2)C1. The Bertz CT molecular complexity index is 1550. The minimum Gasteiger partial charge on any atom is -0.489 e. The van der Waals surface area contributed by atoms with Crippen LogP contribution in [0.4, 0.5) is 4.79 Å². The number of fused-ring (bicyclic) bond motifs is 1. The van der Waals surface area contributed by atoms with Crippen molar-refractivity contribution >= 4 is 34.6 Å². The van der Waals surface area contributed by atoms with Gasteiger partial charge < -0.3 is 29.6 Å². The average Bonchev–Trinajstić information content (AvgIpc) is 3.43. The number of nitrogens with two attached hydrogens (primary N) is 1. The lowest BCUT2D eigenvalue weighted by Gasteiger charge is -2.24. The summed E-state index contributed by atoms with van der Waals surface area (Å²) in [7, 11) is 0. The molecule has 1 amide bonds. The van der Waals surface area contributed by atoms with Crippen molar-refractivity contribution in [2.45, 2.75) is 72.0 Å². The van der Waals surface area contributed by atoms with Gasteiger partial charge in [-0.3, -0.25) is 15.0 Å². The number of hydrogen-bond acceptors (Lipinski definition) is 8. The molecule has 4 rings (SSSR count). The standard InChI is InChI=1S/C35H43N3O7/c1-34(2,3)32(40)43-21-42-31(39)29(18-22-7-8-23-9-10-25(30(36)37)19-26(23)17-22)24-11-13-27(14-12-24)44-28-15-16-38(20-28)33(41)45-35(4,5)6/h7-14,17,19,28-29H,15-16,18,20-21H2,1-6H3,(H3,36,37)/t28-,29-/m0/s1. The maximum Gasteiger partial charge on any atom is 0.410 e. The van der Waals surface area contributed by atoms with Crippen molar-refractivity contribution in [3.8, 4) is 5.75 Å². The molecule has 10 nitrogen and oxygen atoms in total. The minimum absolute atomic E-state index is 0.0222. The molecule has 45 heavy (non-hydrogen) atoms. The van der Waals surface area contributed by atoms with Crippen molar-refractivity contribution < 1.29 is 33.3 Å². The molecule has 3 N–H and O–H groups in total. The van der Waals surface area contributed by atoms with Gasteiger partial charge in [0.05, 0.1) is 17.9 Å².